The molecule has 3 rings (SSSR count). The molecule has 0 fully saturated rings. The molecule has 1 aromatic carbocycles. The highest BCUT2D eigenvalue weighted by Gasteiger charge is 2.15. The van der Waals surface area contributed by atoms with Crippen molar-refractivity contribution >= 4 is 11.2 Å². The van der Waals surface area contributed by atoms with Crippen molar-refractivity contribution in [1.82, 2.24) is 14.6 Å². The molecule has 0 bridgehead atoms. The molecule has 0 aliphatic carbocycles. The van der Waals surface area contributed by atoms with E-state index >= 15 is 0 Å². The summed E-state index contributed by atoms with van der Waals surface area (Å²) in [6.07, 6.45) is 5.08. The summed E-state index contributed by atoms with van der Waals surface area (Å²) in [5.74, 6) is 0. The number of benzene rings is 1. The Morgan fingerprint density at radius 2 is 2.09 bits per heavy atom. The second kappa shape index (κ2) is 5.90. The highest BCUT2D eigenvalue weighted by atomic mass is 16.6. The van der Waals surface area contributed by atoms with Gasteiger partial charge >= 0.3 is 0 Å². The van der Waals surface area contributed by atoms with Crippen LogP contribution in [0.25, 0.3) is 16.6 Å². The normalized spacial score (nSPS) is 11.0. The number of non-ortho nitro benzene ring substituents is 1. The third-order valence-corrected chi connectivity index (χ3v) is 3.37. The minimum atomic E-state index is -0.411. The topological polar surface area (TPSA) is 82.6 Å². The first-order valence-electron chi connectivity index (χ1n) is 6.83. The van der Waals surface area contributed by atoms with Gasteiger partial charge in [-0.25, -0.2) is 9.50 Å². The molecule has 0 spiro atoms. The highest BCUT2D eigenvalue weighted by Crippen LogP contribution is 2.31. The zero-order chi connectivity index (χ0) is 15.5. The van der Waals surface area contributed by atoms with E-state index in [9.17, 15) is 10.1 Å². The van der Waals surface area contributed by atoms with E-state index < -0.39 is 4.92 Å². The second-order valence-electron chi connectivity index (χ2n) is 4.71. The number of nitrogens with zero attached hydrogens (tertiary/aromatic N) is 4. The van der Waals surface area contributed by atoms with Gasteiger partial charge in [0, 0.05) is 36.1 Å². The van der Waals surface area contributed by atoms with Crippen molar-refractivity contribution in [3.05, 3.63) is 58.7 Å². The van der Waals surface area contributed by atoms with Crippen LogP contribution in [0.1, 0.15) is 12.5 Å². The molecule has 112 valence electrons. The summed E-state index contributed by atoms with van der Waals surface area (Å²) in [4.78, 5) is 14.4. The first-order valence-corrected chi connectivity index (χ1v) is 6.83. The molecule has 0 unspecified atom stereocenters. The summed E-state index contributed by atoms with van der Waals surface area (Å²) in [5.41, 5.74) is 3.68. The summed E-state index contributed by atoms with van der Waals surface area (Å²) >= 11 is 0. The molecule has 0 aliphatic rings. The average molecular weight is 298 g/mol. The molecule has 0 aliphatic heterocycles. The van der Waals surface area contributed by atoms with Crippen LogP contribution in [-0.2, 0) is 11.3 Å². The molecular formula is C15H14N4O3. The summed E-state index contributed by atoms with van der Waals surface area (Å²) < 4.78 is 7.24. The van der Waals surface area contributed by atoms with Crippen molar-refractivity contribution in [2.75, 3.05) is 6.61 Å². The van der Waals surface area contributed by atoms with E-state index in [1.165, 1.54) is 18.5 Å². The molecular weight excluding hydrogens is 284 g/mol. The lowest BCUT2D eigenvalue weighted by Crippen LogP contribution is -1.93. The quantitative estimate of drug-likeness (QED) is 0.534. The molecule has 2 heterocycles. The molecule has 0 radical (unpaired) electrons. The van der Waals surface area contributed by atoms with Crippen LogP contribution in [0.2, 0.25) is 0 Å². The van der Waals surface area contributed by atoms with Gasteiger partial charge in [-0.1, -0.05) is 0 Å². The molecule has 3 aromatic rings. The average Bonchev–Trinajstić information content (AvgIpc) is 2.91. The fourth-order valence-electron chi connectivity index (χ4n) is 2.37. The third kappa shape index (κ3) is 2.53. The number of hydrogen-bond acceptors (Lipinski definition) is 5. The Bertz CT molecular complexity index is 811. The van der Waals surface area contributed by atoms with E-state index in [0.29, 0.717) is 13.2 Å². The van der Waals surface area contributed by atoms with Crippen molar-refractivity contribution < 1.29 is 9.66 Å². The van der Waals surface area contributed by atoms with Crippen LogP contribution in [0.3, 0.4) is 0 Å². The lowest BCUT2D eigenvalue weighted by atomic mass is 10.0. The summed E-state index contributed by atoms with van der Waals surface area (Å²) in [5, 5.41) is 15.0. The Kier molecular flexibility index (Phi) is 3.80. The van der Waals surface area contributed by atoms with E-state index in [-0.39, 0.29) is 5.69 Å². The first kappa shape index (κ1) is 14.2. The van der Waals surface area contributed by atoms with Gasteiger partial charge in [0.05, 0.1) is 23.2 Å². The van der Waals surface area contributed by atoms with E-state index in [1.54, 1.807) is 22.8 Å². The largest absolute Gasteiger partial charge is 0.377 e. The zero-order valence-corrected chi connectivity index (χ0v) is 12.0. The maximum absolute atomic E-state index is 10.8. The fraction of sp³-hybridized carbons (Fsp3) is 0.200. The van der Waals surface area contributed by atoms with Gasteiger partial charge < -0.3 is 4.74 Å². The number of hydrogen-bond donors (Lipinski definition) is 0. The van der Waals surface area contributed by atoms with Crippen LogP contribution in [0, 0.1) is 10.1 Å². The molecule has 7 nitrogen and oxygen atoms in total. The van der Waals surface area contributed by atoms with Crippen LogP contribution in [0.15, 0.2) is 43.0 Å². The summed E-state index contributed by atoms with van der Waals surface area (Å²) in [7, 11) is 0. The number of fused-ring (bicyclic) bond motifs is 1. The van der Waals surface area contributed by atoms with Crippen LogP contribution in [0.5, 0.6) is 0 Å². The van der Waals surface area contributed by atoms with E-state index in [2.05, 4.69) is 10.1 Å². The second-order valence-corrected chi connectivity index (χ2v) is 4.71. The van der Waals surface area contributed by atoms with Gasteiger partial charge in [-0.3, -0.25) is 10.1 Å². The van der Waals surface area contributed by atoms with Gasteiger partial charge in [0.2, 0.25) is 0 Å². The molecule has 7 heteroatoms. The summed E-state index contributed by atoms with van der Waals surface area (Å²) in [6, 6.07) is 6.45. The minimum Gasteiger partial charge on any atom is -0.377 e. The lowest BCUT2D eigenvalue weighted by Gasteiger charge is -2.05. The van der Waals surface area contributed by atoms with E-state index in [0.717, 1.165) is 22.2 Å². The SMILES string of the molecule is CCOCc1cn2ncncc2c1-c1ccc([N+](=O)[O-])cc1. The van der Waals surface area contributed by atoms with Crippen LogP contribution < -0.4 is 0 Å². The predicted molar refractivity (Wildman–Crippen MR) is 80.4 cm³/mol. The molecule has 0 amide bonds. The molecule has 0 saturated heterocycles. The molecule has 0 saturated carbocycles. The molecule has 0 atom stereocenters. The lowest BCUT2D eigenvalue weighted by molar-refractivity contribution is -0.384. The van der Waals surface area contributed by atoms with Crippen LogP contribution in [-0.4, -0.2) is 26.1 Å². The van der Waals surface area contributed by atoms with Crippen LogP contribution in [0.4, 0.5) is 5.69 Å². The molecule has 2 aromatic heterocycles. The Labute approximate surface area is 126 Å². The van der Waals surface area contributed by atoms with Gasteiger partial charge in [-0.15, -0.1) is 0 Å². The van der Waals surface area contributed by atoms with Crippen molar-refractivity contribution in [3.63, 3.8) is 0 Å². The predicted octanol–water partition coefficient (Wildman–Crippen LogP) is 2.84. The Morgan fingerprint density at radius 1 is 1.32 bits per heavy atom. The standard InChI is InChI=1S/C15H14N4O3/c1-2-22-9-12-8-18-14(7-16-10-17-18)15(12)11-3-5-13(6-4-11)19(20)21/h3-8,10H,2,9H2,1H3. The number of aromatic nitrogens is 3. The van der Waals surface area contributed by atoms with E-state index in [4.69, 9.17) is 4.74 Å². The number of ether oxygens (including phenoxy) is 1. The minimum absolute atomic E-state index is 0.0647. The maximum atomic E-state index is 10.8. The van der Waals surface area contributed by atoms with Gasteiger partial charge in [0.1, 0.15) is 6.33 Å². The molecule has 22 heavy (non-hydrogen) atoms. The highest BCUT2D eigenvalue weighted by molar-refractivity contribution is 5.83. The Morgan fingerprint density at radius 3 is 2.77 bits per heavy atom. The monoisotopic (exact) mass is 298 g/mol. The Hall–Kier alpha value is -2.80. The fourth-order valence-corrected chi connectivity index (χ4v) is 2.37. The third-order valence-electron chi connectivity index (χ3n) is 3.37. The number of nitro benzene ring substituents is 1. The number of rotatable bonds is 5. The number of nitro groups is 1. The van der Waals surface area contributed by atoms with Gasteiger partial charge in [0.15, 0.2) is 0 Å². The van der Waals surface area contributed by atoms with E-state index in [1.807, 2.05) is 13.1 Å². The van der Waals surface area contributed by atoms with Gasteiger partial charge in [0.25, 0.3) is 5.69 Å². The maximum Gasteiger partial charge on any atom is 0.269 e. The summed E-state index contributed by atoms with van der Waals surface area (Å²) in [6.45, 7) is 2.99. The first-order chi connectivity index (χ1) is 10.7. The molecule has 0 N–H and O–H groups in total. The van der Waals surface area contributed by atoms with Gasteiger partial charge in [-0.2, -0.15) is 5.10 Å². The van der Waals surface area contributed by atoms with Crippen molar-refractivity contribution in [2.45, 2.75) is 13.5 Å². The van der Waals surface area contributed by atoms with Crippen molar-refractivity contribution in [2.24, 2.45) is 0 Å². The van der Waals surface area contributed by atoms with Crippen molar-refractivity contribution in [3.8, 4) is 11.1 Å². The zero-order valence-electron chi connectivity index (χ0n) is 12.0. The Balaban J connectivity index is 2.12. The smallest absolute Gasteiger partial charge is 0.269 e. The van der Waals surface area contributed by atoms with Gasteiger partial charge in [-0.05, 0) is 24.6 Å². The van der Waals surface area contributed by atoms with Crippen LogP contribution >= 0.6 is 0 Å². The van der Waals surface area contributed by atoms with Crippen molar-refractivity contribution in [1.29, 1.82) is 0 Å².